The van der Waals surface area contributed by atoms with Crippen molar-refractivity contribution in [1.82, 2.24) is 0 Å². The molecule has 3 aliphatic rings. The zero-order valence-electron chi connectivity index (χ0n) is 23.4. The molecule has 2 heterocycles. The van der Waals surface area contributed by atoms with Crippen molar-refractivity contribution in [2.24, 2.45) is 5.41 Å². The number of nitro groups is 1. The van der Waals surface area contributed by atoms with Crippen molar-refractivity contribution in [3.05, 3.63) is 141 Å². The number of esters is 1. The van der Waals surface area contributed by atoms with Gasteiger partial charge in [-0.3, -0.25) is 29.3 Å². The monoisotopic (exact) mass is 584 g/mol. The average Bonchev–Trinajstić information content (AvgIpc) is 3.47. The molecule has 0 amide bonds. The highest BCUT2D eigenvalue weighted by Crippen LogP contribution is 2.62. The van der Waals surface area contributed by atoms with Crippen LogP contribution in [0, 0.1) is 15.5 Å². The SMILES string of the molecule is CC(=O)Oc1cccc2c1N1[C@H](C(=O)c3ccccc3)[C@H](c3cccc([N+](=O)[O-])c3)C3(C(=O)c4ccccc4C3=O)[C@H]1C=C2. The van der Waals surface area contributed by atoms with Gasteiger partial charge in [0.2, 0.25) is 0 Å². The third kappa shape index (κ3) is 3.72. The summed E-state index contributed by atoms with van der Waals surface area (Å²) < 4.78 is 5.63. The Balaban J connectivity index is 1.58. The third-order valence-corrected chi connectivity index (χ3v) is 8.81. The first-order chi connectivity index (χ1) is 21.2. The largest absolute Gasteiger partial charge is 0.424 e. The molecular formula is C35H24N2O7. The Kier molecular flexibility index (Phi) is 6.14. The van der Waals surface area contributed by atoms with E-state index < -0.39 is 45.9 Å². The van der Waals surface area contributed by atoms with Crippen LogP contribution in [0.25, 0.3) is 6.08 Å². The second kappa shape index (κ2) is 9.95. The van der Waals surface area contributed by atoms with Crippen LogP contribution in [0.1, 0.15) is 55.0 Å². The summed E-state index contributed by atoms with van der Waals surface area (Å²) in [7, 11) is 0. The van der Waals surface area contributed by atoms with Crippen LogP contribution in [0.15, 0.2) is 103 Å². The van der Waals surface area contributed by atoms with Gasteiger partial charge in [-0.1, -0.05) is 91.0 Å². The highest BCUT2D eigenvalue weighted by atomic mass is 16.6. The Labute approximate surface area is 251 Å². The quantitative estimate of drug-likeness (QED) is 0.0716. The zero-order valence-corrected chi connectivity index (χ0v) is 23.4. The number of carbonyl (C=O) groups excluding carboxylic acids is 4. The number of ether oxygens (including phenoxy) is 1. The summed E-state index contributed by atoms with van der Waals surface area (Å²) in [6.45, 7) is 1.26. The number of nitrogens with zero attached hydrogens (tertiary/aromatic N) is 2. The zero-order chi connectivity index (χ0) is 30.7. The number of carbonyl (C=O) groups is 4. The molecule has 44 heavy (non-hydrogen) atoms. The van der Waals surface area contributed by atoms with E-state index in [1.54, 1.807) is 95.9 Å². The maximum atomic E-state index is 14.8. The standard InChI is InChI=1S/C35H24N2O7/c1-20(38)44-27-16-8-11-21-17-18-28-35(33(40)25-14-5-6-15-26(25)34(35)41)29(23-12-7-13-24(19-23)37(42)43)31(36(28)30(21)27)32(39)22-9-3-2-4-10-22/h2-19,28-29,31H,1H3/t28-,29+,31+/m1/s1. The van der Waals surface area contributed by atoms with Crippen LogP contribution >= 0.6 is 0 Å². The van der Waals surface area contributed by atoms with Crippen molar-refractivity contribution in [1.29, 1.82) is 0 Å². The van der Waals surface area contributed by atoms with Gasteiger partial charge in [-0.2, -0.15) is 0 Å². The van der Waals surface area contributed by atoms with Crippen LogP contribution in [-0.2, 0) is 4.79 Å². The lowest BCUT2D eigenvalue weighted by Crippen LogP contribution is -2.48. The number of anilines is 1. The molecule has 1 saturated heterocycles. The van der Waals surface area contributed by atoms with E-state index in [-0.39, 0.29) is 28.3 Å². The molecule has 0 radical (unpaired) electrons. The molecule has 9 heteroatoms. The first-order valence-electron chi connectivity index (χ1n) is 14.1. The minimum atomic E-state index is -1.86. The first kappa shape index (κ1) is 27.2. The lowest BCUT2D eigenvalue weighted by atomic mass is 9.64. The van der Waals surface area contributed by atoms with Crippen LogP contribution < -0.4 is 9.64 Å². The molecule has 3 atom stereocenters. The Bertz CT molecular complexity index is 1910. The fraction of sp³-hybridized carbons (Fsp3) is 0.143. The Hall–Kier alpha value is -5.70. The molecule has 0 unspecified atom stereocenters. The van der Waals surface area contributed by atoms with E-state index in [0.717, 1.165) is 0 Å². The predicted octanol–water partition coefficient (Wildman–Crippen LogP) is 5.84. The van der Waals surface area contributed by atoms with E-state index >= 15 is 0 Å². The summed E-state index contributed by atoms with van der Waals surface area (Å²) in [6, 6.07) is 23.7. The lowest BCUT2D eigenvalue weighted by molar-refractivity contribution is -0.384. The highest BCUT2D eigenvalue weighted by molar-refractivity contribution is 6.32. The molecule has 0 aromatic heterocycles. The maximum absolute atomic E-state index is 14.8. The molecule has 1 fully saturated rings. The van der Waals surface area contributed by atoms with Crippen molar-refractivity contribution in [2.45, 2.75) is 24.9 Å². The van der Waals surface area contributed by atoms with Crippen molar-refractivity contribution >= 4 is 40.8 Å². The number of rotatable bonds is 5. The number of para-hydroxylation sites is 1. The summed E-state index contributed by atoms with van der Waals surface area (Å²) in [6.07, 6.45) is 3.50. The number of ketones is 3. The van der Waals surface area contributed by atoms with Crippen LogP contribution in [0.4, 0.5) is 11.4 Å². The van der Waals surface area contributed by atoms with Gasteiger partial charge in [0.1, 0.15) is 11.5 Å². The van der Waals surface area contributed by atoms with E-state index in [4.69, 9.17) is 4.74 Å². The number of hydrogen-bond donors (Lipinski definition) is 0. The van der Waals surface area contributed by atoms with Gasteiger partial charge in [-0.05, 0) is 11.6 Å². The fourth-order valence-corrected chi connectivity index (χ4v) is 7.20. The van der Waals surface area contributed by atoms with Crippen LogP contribution in [0.3, 0.4) is 0 Å². The summed E-state index contributed by atoms with van der Waals surface area (Å²) in [4.78, 5) is 69.6. The molecule has 7 rings (SSSR count). The molecule has 4 aromatic rings. The van der Waals surface area contributed by atoms with Gasteiger partial charge in [0.25, 0.3) is 5.69 Å². The molecular weight excluding hydrogens is 560 g/mol. The van der Waals surface area contributed by atoms with E-state index in [1.165, 1.54) is 25.1 Å². The molecule has 4 aromatic carbocycles. The van der Waals surface area contributed by atoms with Gasteiger partial charge in [0.15, 0.2) is 23.1 Å². The first-order valence-corrected chi connectivity index (χ1v) is 14.1. The van der Waals surface area contributed by atoms with Crippen molar-refractivity contribution in [3.8, 4) is 5.75 Å². The summed E-state index contributed by atoms with van der Waals surface area (Å²) >= 11 is 0. The Morgan fingerprint density at radius 2 is 1.52 bits per heavy atom. The highest BCUT2D eigenvalue weighted by Gasteiger charge is 2.71. The summed E-state index contributed by atoms with van der Waals surface area (Å²) in [5, 5.41) is 11.9. The molecule has 0 saturated carbocycles. The molecule has 216 valence electrons. The van der Waals surface area contributed by atoms with Crippen LogP contribution in [-0.4, -0.2) is 40.3 Å². The van der Waals surface area contributed by atoms with Gasteiger partial charge < -0.3 is 9.64 Å². The minimum absolute atomic E-state index is 0.167. The second-order valence-electron chi connectivity index (χ2n) is 11.1. The number of nitro benzene ring substituents is 1. The van der Waals surface area contributed by atoms with Gasteiger partial charge in [0, 0.05) is 47.2 Å². The molecule has 2 aliphatic heterocycles. The lowest BCUT2D eigenvalue weighted by Gasteiger charge is -2.37. The molecule has 1 aliphatic carbocycles. The molecule has 0 N–H and O–H groups in total. The van der Waals surface area contributed by atoms with Crippen molar-refractivity contribution in [2.75, 3.05) is 4.90 Å². The second-order valence-corrected chi connectivity index (χ2v) is 11.1. The molecule has 1 spiro atoms. The molecule has 9 nitrogen and oxygen atoms in total. The summed E-state index contributed by atoms with van der Waals surface area (Å²) in [5.41, 5.74) is 0.00890. The van der Waals surface area contributed by atoms with E-state index in [1.807, 2.05) is 0 Å². The van der Waals surface area contributed by atoms with E-state index in [2.05, 4.69) is 0 Å². The van der Waals surface area contributed by atoms with E-state index in [9.17, 15) is 29.3 Å². The van der Waals surface area contributed by atoms with Crippen molar-refractivity contribution < 1.29 is 28.8 Å². The Morgan fingerprint density at radius 1 is 0.864 bits per heavy atom. The Morgan fingerprint density at radius 3 is 2.18 bits per heavy atom. The number of benzene rings is 4. The normalized spacial score (nSPS) is 20.7. The fourth-order valence-electron chi connectivity index (χ4n) is 7.20. The van der Waals surface area contributed by atoms with E-state index in [0.29, 0.717) is 22.4 Å². The van der Waals surface area contributed by atoms with Gasteiger partial charge in [-0.15, -0.1) is 0 Å². The van der Waals surface area contributed by atoms with Gasteiger partial charge in [0.05, 0.1) is 16.7 Å². The summed E-state index contributed by atoms with van der Waals surface area (Å²) in [5.74, 6) is -2.88. The smallest absolute Gasteiger partial charge is 0.308 e. The van der Waals surface area contributed by atoms with Gasteiger partial charge >= 0.3 is 5.97 Å². The minimum Gasteiger partial charge on any atom is -0.424 e. The van der Waals surface area contributed by atoms with Crippen molar-refractivity contribution in [3.63, 3.8) is 0 Å². The topological polar surface area (TPSA) is 124 Å². The maximum Gasteiger partial charge on any atom is 0.308 e. The van der Waals surface area contributed by atoms with Crippen LogP contribution in [0.2, 0.25) is 0 Å². The number of hydrogen-bond acceptors (Lipinski definition) is 8. The van der Waals surface area contributed by atoms with Crippen LogP contribution in [0.5, 0.6) is 5.75 Å². The van der Waals surface area contributed by atoms with Gasteiger partial charge in [-0.25, -0.2) is 0 Å². The molecule has 0 bridgehead atoms. The number of fused-ring (bicyclic) bond motifs is 5. The predicted molar refractivity (Wildman–Crippen MR) is 161 cm³/mol. The number of non-ortho nitro benzene ring substituents is 1. The third-order valence-electron chi connectivity index (χ3n) is 8.81. The average molecular weight is 585 g/mol. The number of Topliss-reactive ketones (excluding diaryl/α,β-unsaturated/α-hetero) is 3.